The first-order valence-electron chi connectivity index (χ1n) is 6.33. The molecule has 1 fully saturated rings. The molecule has 2 N–H and O–H groups in total. The molecule has 7 nitrogen and oxygen atoms in total. The maximum atomic E-state index is 12.6. The van der Waals surface area contributed by atoms with Gasteiger partial charge in [-0.1, -0.05) is 6.07 Å². The predicted molar refractivity (Wildman–Crippen MR) is 73.8 cm³/mol. The van der Waals surface area contributed by atoms with Gasteiger partial charge in [-0.3, -0.25) is 10.1 Å². The van der Waals surface area contributed by atoms with Crippen LogP contribution < -0.4 is 5.73 Å². The van der Waals surface area contributed by atoms with Crippen LogP contribution in [0.2, 0.25) is 0 Å². The molecule has 1 unspecified atom stereocenters. The van der Waals surface area contributed by atoms with E-state index in [0.29, 0.717) is 18.5 Å². The summed E-state index contributed by atoms with van der Waals surface area (Å²) in [7, 11) is -3.73. The number of nitrogens with zero attached hydrogens (tertiary/aromatic N) is 2. The Bertz CT molecular complexity index is 630. The van der Waals surface area contributed by atoms with Gasteiger partial charge < -0.3 is 5.73 Å². The van der Waals surface area contributed by atoms with Crippen LogP contribution in [0.4, 0.5) is 5.69 Å². The van der Waals surface area contributed by atoms with Gasteiger partial charge in [0.25, 0.3) is 5.69 Å². The Morgan fingerprint density at radius 1 is 1.45 bits per heavy atom. The van der Waals surface area contributed by atoms with Gasteiger partial charge >= 0.3 is 0 Å². The highest BCUT2D eigenvalue weighted by atomic mass is 32.2. The molecule has 8 heteroatoms. The van der Waals surface area contributed by atoms with Crippen LogP contribution in [0.5, 0.6) is 0 Å². The zero-order valence-electron chi connectivity index (χ0n) is 11.2. The molecular weight excluding hydrogens is 282 g/mol. The van der Waals surface area contributed by atoms with Crippen LogP contribution in [0.15, 0.2) is 23.1 Å². The molecule has 1 saturated heterocycles. The van der Waals surface area contributed by atoms with Crippen molar-refractivity contribution in [3.05, 3.63) is 33.9 Å². The van der Waals surface area contributed by atoms with Crippen LogP contribution in [0.25, 0.3) is 0 Å². The Morgan fingerprint density at radius 3 is 2.75 bits per heavy atom. The van der Waals surface area contributed by atoms with E-state index in [0.717, 1.165) is 12.5 Å². The Balaban J connectivity index is 2.43. The Labute approximate surface area is 117 Å². The lowest BCUT2D eigenvalue weighted by atomic mass is 10.1. The van der Waals surface area contributed by atoms with E-state index in [9.17, 15) is 18.5 Å². The fourth-order valence-corrected chi connectivity index (χ4v) is 4.09. The van der Waals surface area contributed by atoms with E-state index in [2.05, 4.69) is 0 Å². The van der Waals surface area contributed by atoms with Crippen LogP contribution in [0.1, 0.15) is 18.4 Å². The Morgan fingerprint density at radius 2 is 2.15 bits per heavy atom. The number of rotatable bonds is 3. The number of piperidine rings is 1. The van der Waals surface area contributed by atoms with Crippen molar-refractivity contribution >= 4 is 15.7 Å². The van der Waals surface area contributed by atoms with Gasteiger partial charge in [0.1, 0.15) is 0 Å². The van der Waals surface area contributed by atoms with E-state index in [4.69, 9.17) is 5.73 Å². The van der Waals surface area contributed by atoms with Gasteiger partial charge in [-0.25, -0.2) is 8.42 Å². The summed E-state index contributed by atoms with van der Waals surface area (Å²) < 4.78 is 26.5. The summed E-state index contributed by atoms with van der Waals surface area (Å²) in [6.07, 6.45) is 1.49. The molecule has 0 aromatic heterocycles. The number of non-ortho nitro benzene ring substituents is 1. The lowest BCUT2D eigenvalue weighted by Gasteiger charge is -2.30. The van der Waals surface area contributed by atoms with Gasteiger partial charge in [0.2, 0.25) is 10.0 Å². The second-order valence-corrected chi connectivity index (χ2v) is 6.88. The molecule has 1 aliphatic rings. The number of sulfonamides is 1. The normalized spacial score (nSPS) is 20.8. The number of nitro benzene ring substituents is 1. The second kappa shape index (κ2) is 5.47. The lowest BCUT2D eigenvalue weighted by molar-refractivity contribution is -0.385. The number of hydrogen-bond acceptors (Lipinski definition) is 5. The van der Waals surface area contributed by atoms with Crippen LogP contribution in [0.3, 0.4) is 0 Å². The molecule has 0 saturated carbocycles. The van der Waals surface area contributed by atoms with Gasteiger partial charge in [-0.05, 0) is 25.3 Å². The van der Waals surface area contributed by atoms with E-state index in [1.54, 1.807) is 6.92 Å². The molecule has 2 rings (SSSR count). The van der Waals surface area contributed by atoms with Gasteiger partial charge in [-0.2, -0.15) is 4.31 Å². The minimum absolute atomic E-state index is 0.0131. The topological polar surface area (TPSA) is 107 Å². The largest absolute Gasteiger partial charge is 0.327 e. The first kappa shape index (κ1) is 14.9. The molecule has 0 spiro atoms. The van der Waals surface area contributed by atoms with E-state index < -0.39 is 14.9 Å². The summed E-state index contributed by atoms with van der Waals surface area (Å²) in [6, 6.07) is 3.69. The first-order valence-corrected chi connectivity index (χ1v) is 7.77. The monoisotopic (exact) mass is 299 g/mol. The minimum atomic E-state index is -3.73. The molecule has 1 atom stereocenters. The fraction of sp³-hybridized carbons (Fsp3) is 0.500. The molecule has 0 amide bonds. The molecule has 0 radical (unpaired) electrons. The third kappa shape index (κ3) is 2.82. The highest BCUT2D eigenvalue weighted by Crippen LogP contribution is 2.26. The van der Waals surface area contributed by atoms with Crippen LogP contribution in [-0.4, -0.2) is 36.8 Å². The van der Waals surface area contributed by atoms with E-state index in [1.807, 2.05) is 0 Å². The van der Waals surface area contributed by atoms with E-state index in [1.165, 1.54) is 16.4 Å². The highest BCUT2D eigenvalue weighted by molar-refractivity contribution is 7.89. The summed E-state index contributed by atoms with van der Waals surface area (Å²) in [5.41, 5.74) is 6.07. The molecule has 0 aliphatic carbocycles. The standard InChI is InChI=1S/C12H17N3O4S/c1-9-4-5-11(15(16)17)7-12(9)20(18,19)14-6-2-3-10(13)8-14/h4-5,7,10H,2-3,6,8,13H2,1H3. The van der Waals surface area contributed by atoms with Gasteiger partial charge in [0.05, 0.1) is 9.82 Å². The average molecular weight is 299 g/mol. The molecular formula is C12H17N3O4S. The third-order valence-corrected chi connectivity index (χ3v) is 5.43. The van der Waals surface area contributed by atoms with Gasteiger partial charge in [0.15, 0.2) is 0 Å². The van der Waals surface area contributed by atoms with Gasteiger partial charge in [-0.15, -0.1) is 0 Å². The van der Waals surface area contributed by atoms with Crippen molar-refractivity contribution in [3.8, 4) is 0 Å². The fourth-order valence-electron chi connectivity index (χ4n) is 2.31. The van der Waals surface area contributed by atoms with Crippen molar-refractivity contribution in [2.45, 2.75) is 30.7 Å². The van der Waals surface area contributed by atoms with Gasteiger partial charge in [0, 0.05) is 31.3 Å². The molecule has 110 valence electrons. The number of benzene rings is 1. The first-order chi connectivity index (χ1) is 9.32. The van der Waals surface area contributed by atoms with E-state index >= 15 is 0 Å². The molecule has 0 bridgehead atoms. The summed E-state index contributed by atoms with van der Waals surface area (Å²) in [5, 5.41) is 10.8. The summed E-state index contributed by atoms with van der Waals surface area (Å²) in [5.74, 6) is 0. The number of hydrogen-bond donors (Lipinski definition) is 1. The SMILES string of the molecule is Cc1ccc([N+](=O)[O-])cc1S(=O)(=O)N1CCCC(N)C1. The average Bonchev–Trinajstić information content (AvgIpc) is 2.38. The van der Waals surface area contributed by atoms with Crippen LogP contribution in [0, 0.1) is 17.0 Å². The number of nitrogens with two attached hydrogens (primary N) is 1. The molecule has 1 heterocycles. The maximum Gasteiger partial charge on any atom is 0.270 e. The summed E-state index contributed by atoms with van der Waals surface area (Å²) >= 11 is 0. The van der Waals surface area contributed by atoms with Crippen LogP contribution in [-0.2, 0) is 10.0 Å². The Hall–Kier alpha value is -1.51. The smallest absolute Gasteiger partial charge is 0.270 e. The van der Waals surface area contributed by atoms with Crippen molar-refractivity contribution in [3.63, 3.8) is 0 Å². The quantitative estimate of drug-likeness (QED) is 0.662. The minimum Gasteiger partial charge on any atom is -0.327 e. The third-order valence-electron chi connectivity index (χ3n) is 3.42. The molecule has 1 aromatic carbocycles. The zero-order chi connectivity index (χ0) is 14.9. The van der Waals surface area contributed by atoms with Crippen molar-refractivity contribution in [2.75, 3.05) is 13.1 Å². The summed E-state index contributed by atoms with van der Waals surface area (Å²) in [6.45, 7) is 2.28. The van der Waals surface area contributed by atoms with Crippen molar-refractivity contribution in [1.82, 2.24) is 4.31 Å². The lowest BCUT2D eigenvalue weighted by Crippen LogP contribution is -2.45. The summed E-state index contributed by atoms with van der Waals surface area (Å²) in [4.78, 5) is 10.2. The number of nitro groups is 1. The predicted octanol–water partition coefficient (Wildman–Crippen LogP) is 1.02. The number of aryl methyl sites for hydroxylation is 1. The van der Waals surface area contributed by atoms with E-state index in [-0.39, 0.29) is 23.2 Å². The van der Waals surface area contributed by atoms with Crippen molar-refractivity contribution in [2.24, 2.45) is 5.73 Å². The second-order valence-electron chi connectivity index (χ2n) is 4.97. The molecule has 20 heavy (non-hydrogen) atoms. The maximum absolute atomic E-state index is 12.6. The van der Waals surface area contributed by atoms with Crippen LogP contribution >= 0.6 is 0 Å². The van der Waals surface area contributed by atoms with Crippen molar-refractivity contribution < 1.29 is 13.3 Å². The molecule has 1 aromatic rings. The van der Waals surface area contributed by atoms with Crippen molar-refractivity contribution in [1.29, 1.82) is 0 Å². The Kier molecular flexibility index (Phi) is 4.07. The zero-order valence-corrected chi connectivity index (χ0v) is 12.0. The highest BCUT2D eigenvalue weighted by Gasteiger charge is 2.31. The molecule has 1 aliphatic heterocycles.